The fourth-order valence-corrected chi connectivity index (χ4v) is 2.89. The van der Waals surface area contributed by atoms with Crippen LogP contribution in [0.25, 0.3) is 11.4 Å². The van der Waals surface area contributed by atoms with Gasteiger partial charge >= 0.3 is 0 Å². The summed E-state index contributed by atoms with van der Waals surface area (Å²) < 4.78 is 3.37. The van der Waals surface area contributed by atoms with Gasteiger partial charge in [-0.15, -0.1) is 0 Å². The highest BCUT2D eigenvalue weighted by Gasteiger charge is 2.18. The van der Waals surface area contributed by atoms with E-state index in [-0.39, 0.29) is 0 Å². The number of rotatable bonds is 1. The molecule has 2 heterocycles. The molecule has 3 heteroatoms. The molecule has 0 radical (unpaired) electrons. The number of nitrogens with zero attached hydrogens (tertiary/aromatic N) is 2. The maximum Gasteiger partial charge on any atom is 0.141 e. The van der Waals surface area contributed by atoms with Gasteiger partial charge in [0.15, 0.2) is 0 Å². The fraction of sp³-hybridized carbons (Fsp3) is 0.308. The van der Waals surface area contributed by atoms with Crippen LogP contribution in [0, 0.1) is 0 Å². The van der Waals surface area contributed by atoms with Gasteiger partial charge in [0.1, 0.15) is 10.4 Å². The van der Waals surface area contributed by atoms with Gasteiger partial charge in [0.2, 0.25) is 0 Å². The number of aromatic nitrogens is 2. The van der Waals surface area contributed by atoms with Crippen molar-refractivity contribution in [2.45, 2.75) is 25.8 Å². The van der Waals surface area contributed by atoms with Gasteiger partial charge in [-0.25, -0.2) is 4.98 Å². The molecule has 0 spiro atoms. The van der Waals surface area contributed by atoms with Crippen molar-refractivity contribution in [3.8, 4) is 11.4 Å². The van der Waals surface area contributed by atoms with Crippen molar-refractivity contribution in [1.82, 2.24) is 9.55 Å². The van der Waals surface area contributed by atoms with Crippen LogP contribution in [0.1, 0.15) is 18.5 Å². The van der Waals surface area contributed by atoms with Crippen LogP contribution in [-0.4, -0.2) is 9.55 Å². The minimum atomic E-state index is 1.02. The van der Waals surface area contributed by atoms with Crippen LogP contribution in [0.2, 0.25) is 0 Å². The van der Waals surface area contributed by atoms with Crippen LogP contribution < -0.4 is 0 Å². The molecule has 0 fully saturated rings. The summed E-state index contributed by atoms with van der Waals surface area (Å²) in [7, 11) is 0. The van der Waals surface area contributed by atoms with Crippen LogP contribution in [0.15, 0.2) is 34.9 Å². The van der Waals surface area contributed by atoms with Gasteiger partial charge in [-0.05, 0) is 35.2 Å². The van der Waals surface area contributed by atoms with Gasteiger partial charge in [0, 0.05) is 12.1 Å². The second kappa shape index (κ2) is 4.06. The summed E-state index contributed by atoms with van der Waals surface area (Å²) >= 11 is 3.57. The molecule has 2 aromatic rings. The van der Waals surface area contributed by atoms with E-state index in [1.54, 1.807) is 0 Å². The third-order valence-electron chi connectivity index (χ3n) is 3.10. The zero-order valence-corrected chi connectivity index (χ0v) is 10.6. The van der Waals surface area contributed by atoms with Gasteiger partial charge < -0.3 is 4.57 Å². The molecule has 0 amide bonds. The van der Waals surface area contributed by atoms with E-state index in [1.807, 2.05) is 6.07 Å². The number of hydrogen-bond acceptors (Lipinski definition) is 1. The first-order chi connectivity index (χ1) is 7.86. The Morgan fingerprint density at radius 1 is 1.12 bits per heavy atom. The predicted molar refractivity (Wildman–Crippen MR) is 68.3 cm³/mol. The average Bonchev–Trinajstić information content (AvgIpc) is 2.69. The van der Waals surface area contributed by atoms with Gasteiger partial charge in [-0.3, -0.25) is 0 Å². The lowest BCUT2D eigenvalue weighted by molar-refractivity contribution is 0.535. The van der Waals surface area contributed by atoms with Gasteiger partial charge in [0.05, 0.1) is 5.69 Å². The molecule has 0 aliphatic carbocycles. The molecule has 0 atom stereocenters. The van der Waals surface area contributed by atoms with E-state index in [0.29, 0.717) is 0 Å². The number of benzene rings is 1. The first kappa shape index (κ1) is 10.1. The molecule has 1 aromatic heterocycles. The first-order valence-corrected chi connectivity index (χ1v) is 6.46. The van der Waals surface area contributed by atoms with Crippen LogP contribution in [0.3, 0.4) is 0 Å². The molecule has 0 unspecified atom stereocenters. The summed E-state index contributed by atoms with van der Waals surface area (Å²) in [4.78, 5) is 4.64. The molecule has 0 N–H and O–H groups in total. The normalized spacial score (nSPS) is 14.8. The summed E-state index contributed by atoms with van der Waals surface area (Å²) in [6.07, 6.45) is 3.68. The zero-order chi connectivity index (χ0) is 11.0. The molecule has 82 valence electrons. The van der Waals surface area contributed by atoms with Crippen molar-refractivity contribution < 1.29 is 0 Å². The monoisotopic (exact) mass is 276 g/mol. The molecule has 0 saturated heterocycles. The molecule has 0 saturated carbocycles. The van der Waals surface area contributed by atoms with Crippen LogP contribution in [-0.2, 0) is 13.0 Å². The van der Waals surface area contributed by atoms with E-state index in [9.17, 15) is 0 Å². The molecule has 0 bridgehead atoms. The van der Waals surface area contributed by atoms with Crippen LogP contribution in [0.4, 0.5) is 0 Å². The van der Waals surface area contributed by atoms with E-state index in [2.05, 4.69) is 49.7 Å². The fourth-order valence-electron chi connectivity index (χ4n) is 2.31. The maximum atomic E-state index is 4.64. The van der Waals surface area contributed by atoms with E-state index in [1.165, 1.54) is 24.1 Å². The van der Waals surface area contributed by atoms with Gasteiger partial charge in [-0.1, -0.05) is 30.3 Å². The molecule has 16 heavy (non-hydrogen) atoms. The molecule has 1 aromatic carbocycles. The van der Waals surface area contributed by atoms with E-state index >= 15 is 0 Å². The Balaban J connectivity index is 2.15. The predicted octanol–water partition coefficient (Wildman–Crippen LogP) is 3.65. The summed E-state index contributed by atoms with van der Waals surface area (Å²) in [6.45, 7) is 1.10. The Hall–Kier alpha value is -1.09. The van der Waals surface area contributed by atoms with E-state index in [0.717, 1.165) is 23.4 Å². The molecule has 1 aliphatic heterocycles. The van der Waals surface area contributed by atoms with Crippen molar-refractivity contribution >= 4 is 15.9 Å². The molecular formula is C13H13BrN2. The zero-order valence-electron chi connectivity index (χ0n) is 8.99. The number of hydrogen-bond donors (Lipinski definition) is 0. The highest BCUT2D eigenvalue weighted by Crippen LogP contribution is 2.29. The SMILES string of the molecule is Brc1nc(-c2ccccc2)n2c1CCCC2. The lowest BCUT2D eigenvalue weighted by Crippen LogP contribution is -2.10. The lowest BCUT2D eigenvalue weighted by Gasteiger charge is -2.16. The van der Waals surface area contributed by atoms with Gasteiger partial charge in [0.25, 0.3) is 0 Å². The van der Waals surface area contributed by atoms with Crippen LogP contribution in [0.5, 0.6) is 0 Å². The van der Waals surface area contributed by atoms with Crippen molar-refractivity contribution in [2.75, 3.05) is 0 Å². The van der Waals surface area contributed by atoms with E-state index < -0.39 is 0 Å². The minimum absolute atomic E-state index is 1.02. The summed E-state index contributed by atoms with van der Waals surface area (Å²) in [6, 6.07) is 10.4. The van der Waals surface area contributed by atoms with Gasteiger partial charge in [-0.2, -0.15) is 0 Å². The maximum absolute atomic E-state index is 4.64. The quantitative estimate of drug-likeness (QED) is 0.778. The van der Waals surface area contributed by atoms with E-state index in [4.69, 9.17) is 0 Å². The Morgan fingerprint density at radius 2 is 1.94 bits per heavy atom. The number of fused-ring (bicyclic) bond motifs is 1. The largest absolute Gasteiger partial charge is 0.327 e. The molecule has 2 nitrogen and oxygen atoms in total. The third kappa shape index (κ3) is 1.59. The van der Waals surface area contributed by atoms with Crippen LogP contribution >= 0.6 is 15.9 Å². The Morgan fingerprint density at radius 3 is 2.75 bits per heavy atom. The number of halogens is 1. The number of imidazole rings is 1. The summed E-state index contributed by atoms with van der Waals surface area (Å²) in [5.74, 6) is 1.10. The molecule has 1 aliphatic rings. The molecular weight excluding hydrogens is 264 g/mol. The van der Waals surface area contributed by atoms with Crippen molar-refractivity contribution in [1.29, 1.82) is 0 Å². The second-order valence-corrected chi connectivity index (χ2v) is 4.90. The minimum Gasteiger partial charge on any atom is -0.327 e. The average molecular weight is 277 g/mol. The Kier molecular flexibility index (Phi) is 2.56. The van der Waals surface area contributed by atoms with Crippen molar-refractivity contribution in [3.63, 3.8) is 0 Å². The Bertz CT molecular complexity index is 502. The Labute approximate surface area is 103 Å². The summed E-state index contributed by atoms with van der Waals surface area (Å²) in [5, 5.41) is 0. The highest BCUT2D eigenvalue weighted by atomic mass is 79.9. The third-order valence-corrected chi connectivity index (χ3v) is 3.74. The smallest absolute Gasteiger partial charge is 0.141 e. The van der Waals surface area contributed by atoms with Crippen molar-refractivity contribution in [2.24, 2.45) is 0 Å². The topological polar surface area (TPSA) is 17.8 Å². The lowest BCUT2D eigenvalue weighted by atomic mass is 10.1. The first-order valence-electron chi connectivity index (χ1n) is 5.66. The van der Waals surface area contributed by atoms with Crippen molar-refractivity contribution in [3.05, 3.63) is 40.6 Å². The summed E-state index contributed by atoms with van der Waals surface area (Å²) in [5.41, 5.74) is 2.56. The standard InChI is InChI=1S/C13H13BrN2/c14-12-11-8-4-5-9-16(11)13(15-12)10-6-2-1-3-7-10/h1-3,6-7H,4-5,8-9H2. The second-order valence-electron chi connectivity index (χ2n) is 4.15. The molecule has 3 rings (SSSR count). The highest BCUT2D eigenvalue weighted by molar-refractivity contribution is 9.10.